The van der Waals surface area contributed by atoms with Gasteiger partial charge in [-0.2, -0.15) is 4.31 Å². The molecule has 120 valence electrons. The molecule has 1 aromatic heterocycles. The molecule has 0 saturated carbocycles. The van der Waals surface area contributed by atoms with Crippen LogP contribution < -0.4 is 5.32 Å². The number of aromatic nitrogens is 3. The van der Waals surface area contributed by atoms with Crippen LogP contribution in [0.3, 0.4) is 0 Å². The van der Waals surface area contributed by atoms with Crippen molar-refractivity contribution in [2.45, 2.75) is 25.3 Å². The number of sulfonamides is 1. The van der Waals surface area contributed by atoms with Crippen molar-refractivity contribution < 1.29 is 8.42 Å². The number of nitrogens with zero attached hydrogens (tertiary/aromatic N) is 4. The Balaban J connectivity index is 2.09. The van der Waals surface area contributed by atoms with Crippen molar-refractivity contribution in [3.8, 4) is 0 Å². The summed E-state index contributed by atoms with van der Waals surface area (Å²) in [4.78, 5) is 0.309. The summed E-state index contributed by atoms with van der Waals surface area (Å²) in [5.41, 5.74) is 1.79. The fourth-order valence-corrected chi connectivity index (χ4v) is 3.58. The standard InChI is InChI=1S/C14H21N5O2S/c1-4-19(5-2)22(20,21)14-8-6-12(7-9-14)15-10-13-11-16-17-18(13)3/h6-9,11,15H,4-5,10H2,1-3H3. The maximum absolute atomic E-state index is 12.4. The zero-order valence-corrected chi connectivity index (χ0v) is 13.8. The molecular formula is C14H21N5O2S. The molecule has 1 heterocycles. The Kier molecular flexibility index (Phi) is 5.15. The lowest BCUT2D eigenvalue weighted by molar-refractivity contribution is 0.445. The van der Waals surface area contributed by atoms with Crippen molar-refractivity contribution >= 4 is 15.7 Å². The Morgan fingerprint density at radius 3 is 2.32 bits per heavy atom. The second-order valence-corrected chi connectivity index (χ2v) is 6.75. The highest BCUT2D eigenvalue weighted by atomic mass is 32.2. The molecule has 0 radical (unpaired) electrons. The quantitative estimate of drug-likeness (QED) is 0.834. The first-order chi connectivity index (χ1) is 10.5. The summed E-state index contributed by atoms with van der Waals surface area (Å²) in [6.45, 7) is 5.17. The van der Waals surface area contributed by atoms with Crippen LogP contribution in [0, 0.1) is 0 Å². The molecular weight excluding hydrogens is 302 g/mol. The first-order valence-corrected chi connectivity index (χ1v) is 8.60. The van der Waals surface area contributed by atoms with Gasteiger partial charge in [0.05, 0.1) is 23.3 Å². The van der Waals surface area contributed by atoms with Crippen LogP contribution in [-0.2, 0) is 23.6 Å². The van der Waals surface area contributed by atoms with Gasteiger partial charge < -0.3 is 5.32 Å². The molecule has 0 saturated heterocycles. The number of hydrogen-bond acceptors (Lipinski definition) is 5. The van der Waals surface area contributed by atoms with Crippen LogP contribution in [0.2, 0.25) is 0 Å². The van der Waals surface area contributed by atoms with E-state index >= 15 is 0 Å². The van der Waals surface area contributed by atoms with Crippen molar-refractivity contribution in [2.75, 3.05) is 18.4 Å². The fourth-order valence-electron chi connectivity index (χ4n) is 2.12. The third kappa shape index (κ3) is 3.45. The molecule has 1 aromatic carbocycles. The van der Waals surface area contributed by atoms with Crippen molar-refractivity contribution in [3.63, 3.8) is 0 Å². The van der Waals surface area contributed by atoms with E-state index in [9.17, 15) is 8.42 Å². The fraction of sp³-hybridized carbons (Fsp3) is 0.429. The van der Waals surface area contributed by atoms with Gasteiger partial charge in [0.25, 0.3) is 0 Å². The van der Waals surface area contributed by atoms with Gasteiger partial charge in [-0.3, -0.25) is 4.68 Å². The van der Waals surface area contributed by atoms with Crippen LogP contribution in [-0.4, -0.2) is 40.8 Å². The van der Waals surface area contributed by atoms with E-state index in [0.29, 0.717) is 24.5 Å². The SMILES string of the molecule is CCN(CC)S(=O)(=O)c1ccc(NCc2cnnn2C)cc1. The second kappa shape index (κ2) is 6.89. The topological polar surface area (TPSA) is 80.1 Å². The van der Waals surface area contributed by atoms with Gasteiger partial charge in [0.15, 0.2) is 0 Å². The minimum Gasteiger partial charge on any atom is -0.379 e. The van der Waals surface area contributed by atoms with Gasteiger partial charge in [-0.1, -0.05) is 19.1 Å². The zero-order valence-electron chi connectivity index (χ0n) is 13.0. The van der Waals surface area contributed by atoms with E-state index in [1.807, 2.05) is 20.9 Å². The molecule has 0 spiro atoms. The molecule has 7 nitrogen and oxygen atoms in total. The second-order valence-electron chi connectivity index (χ2n) is 4.82. The summed E-state index contributed by atoms with van der Waals surface area (Å²) in [7, 11) is -1.58. The van der Waals surface area contributed by atoms with E-state index in [1.165, 1.54) is 4.31 Å². The Bertz CT molecular complexity index is 705. The number of benzene rings is 1. The minimum atomic E-state index is -3.40. The van der Waals surface area contributed by atoms with Crippen LogP contribution in [0.5, 0.6) is 0 Å². The predicted octanol–water partition coefficient (Wildman–Crippen LogP) is 1.46. The average Bonchev–Trinajstić information content (AvgIpc) is 2.92. The molecule has 1 N–H and O–H groups in total. The lowest BCUT2D eigenvalue weighted by atomic mass is 10.3. The molecule has 22 heavy (non-hydrogen) atoms. The molecule has 0 atom stereocenters. The smallest absolute Gasteiger partial charge is 0.243 e. The van der Waals surface area contributed by atoms with Crippen LogP contribution in [0.15, 0.2) is 35.4 Å². The molecule has 0 amide bonds. The summed E-state index contributed by atoms with van der Waals surface area (Å²) in [5, 5.41) is 10.9. The lowest BCUT2D eigenvalue weighted by Gasteiger charge is -2.18. The van der Waals surface area contributed by atoms with Gasteiger partial charge in [-0.05, 0) is 24.3 Å². The zero-order chi connectivity index (χ0) is 16.2. The Morgan fingerprint density at radius 2 is 1.82 bits per heavy atom. The Labute approximate surface area is 131 Å². The Morgan fingerprint density at radius 1 is 1.18 bits per heavy atom. The molecule has 0 aliphatic rings. The molecule has 8 heteroatoms. The van der Waals surface area contributed by atoms with Gasteiger partial charge in [-0.15, -0.1) is 5.10 Å². The summed E-state index contributed by atoms with van der Waals surface area (Å²) in [6.07, 6.45) is 1.69. The lowest BCUT2D eigenvalue weighted by Crippen LogP contribution is -2.30. The van der Waals surface area contributed by atoms with Crippen LogP contribution in [0.25, 0.3) is 0 Å². The molecule has 0 aliphatic carbocycles. The van der Waals surface area contributed by atoms with E-state index in [0.717, 1.165) is 11.4 Å². The minimum absolute atomic E-state index is 0.309. The molecule has 0 unspecified atom stereocenters. The highest BCUT2D eigenvalue weighted by Crippen LogP contribution is 2.18. The van der Waals surface area contributed by atoms with E-state index in [4.69, 9.17) is 0 Å². The number of nitrogens with one attached hydrogen (secondary N) is 1. The number of hydrogen-bond donors (Lipinski definition) is 1. The van der Waals surface area contributed by atoms with Gasteiger partial charge in [0, 0.05) is 25.8 Å². The molecule has 0 aliphatic heterocycles. The maximum atomic E-state index is 12.4. The highest BCUT2D eigenvalue weighted by molar-refractivity contribution is 7.89. The van der Waals surface area contributed by atoms with Crippen molar-refractivity contribution in [1.82, 2.24) is 19.3 Å². The predicted molar refractivity (Wildman–Crippen MR) is 84.9 cm³/mol. The summed E-state index contributed by atoms with van der Waals surface area (Å²) in [6, 6.07) is 6.77. The van der Waals surface area contributed by atoms with Crippen molar-refractivity contribution in [3.05, 3.63) is 36.2 Å². The Hall–Kier alpha value is -1.93. The first-order valence-electron chi connectivity index (χ1n) is 7.16. The summed E-state index contributed by atoms with van der Waals surface area (Å²) >= 11 is 0. The third-order valence-electron chi connectivity index (χ3n) is 3.48. The van der Waals surface area contributed by atoms with Gasteiger partial charge >= 0.3 is 0 Å². The monoisotopic (exact) mass is 323 g/mol. The van der Waals surface area contributed by atoms with E-state index in [2.05, 4.69) is 15.6 Å². The van der Waals surface area contributed by atoms with Gasteiger partial charge in [-0.25, -0.2) is 8.42 Å². The normalized spacial score (nSPS) is 11.8. The highest BCUT2D eigenvalue weighted by Gasteiger charge is 2.21. The number of aryl methyl sites for hydroxylation is 1. The van der Waals surface area contributed by atoms with Crippen LogP contribution >= 0.6 is 0 Å². The van der Waals surface area contributed by atoms with Crippen LogP contribution in [0.1, 0.15) is 19.5 Å². The summed E-state index contributed by atoms with van der Waals surface area (Å²) < 4.78 is 27.9. The molecule has 0 bridgehead atoms. The molecule has 0 fully saturated rings. The van der Waals surface area contributed by atoms with Crippen LogP contribution in [0.4, 0.5) is 5.69 Å². The largest absolute Gasteiger partial charge is 0.379 e. The first kappa shape index (κ1) is 16.4. The number of anilines is 1. The van der Waals surface area contributed by atoms with Gasteiger partial charge in [0.1, 0.15) is 0 Å². The maximum Gasteiger partial charge on any atom is 0.243 e. The number of rotatable bonds is 7. The molecule has 2 aromatic rings. The third-order valence-corrected chi connectivity index (χ3v) is 5.54. The van der Waals surface area contributed by atoms with Crippen molar-refractivity contribution in [1.29, 1.82) is 0 Å². The molecule has 2 rings (SSSR count). The van der Waals surface area contributed by atoms with E-state index in [-0.39, 0.29) is 0 Å². The van der Waals surface area contributed by atoms with E-state index in [1.54, 1.807) is 35.1 Å². The van der Waals surface area contributed by atoms with Gasteiger partial charge in [0.2, 0.25) is 10.0 Å². The van der Waals surface area contributed by atoms with E-state index < -0.39 is 10.0 Å². The van der Waals surface area contributed by atoms with Crippen molar-refractivity contribution in [2.24, 2.45) is 7.05 Å². The summed E-state index contributed by atoms with van der Waals surface area (Å²) in [5.74, 6) is 0. The average molecular weight is 323 g/mol.